The first-order valence-corrected chi connectivity index (χ1v) is 2.53. The Morgan fingerprint density at radius 1 is 1.40 bits per heavy atom. The molecule has 0 heterocycles. The molecule has 0 rings (SSSR count). The molecule has 3 heteroatoms. The number of hydrogen-bond acceptors (Lipinski definition) is 0. The van der Waals surface area contributed by atoms with E-state index in [0.717, 1.165) is 12.0 Å². The maximum atomic E-state index is 5.16. The Morgan fingerprint density at radius 3 is 1.90 bits per heavy atom. The van der Waals surface area contributed by atoms with Gasteiger partial charge in [-0.2, -0.15) is 6.08 Å². The molecule has 0 N–H and O–H groups in total. The summed E-state index contributed by atoms with van der Waals surface area (Å²) in [7, 11) is 0. The summed E-state index contributed by atoms with van der Waals surface area (Å²) in [5, 5.41) is 0. The predicted molar refractivity (Wildman–Crippen MR) is 32.9 cm³/mol. The Balaban J connectivity index is -0.0000000600. The Kier molecular flexibility index (Phi) is 37.0. The summed E-state index contributed by atoms with van der Waals surface area (Å²) >= 11 is 0. The summed E-state index contributed by atoms with van der Waals surface area (Å²) in [6, 6.07) is 0. The molecule has 10 heavy (non-hydrogen) atoms. The van der Waals surface area contributed by atoms with Crippen LogP contribution in [0.3, 0.4) is 0 Å². The number of halogens is 2. The Labute approximate surface area is 95.1 Å². The van der Waals surface area contributed by atoms with Crippen molar-refractivity contribution < 1.29 is 51.0 Å². The summed E-state index contributed by atoms with van der Waals surface area (Å²) in [6.45, 7) is 9.24. The maximum absolute atomic E-state index is 5.16. The first kappa shape index (κ1) is 22.4. The van der Waals surface area contributed by atoms with Gasteiger partial charge >= 0.3 is 26.2 Å². The van der Waals surface area contributed by atoms with Gasteiger partial charge in [0.25, 0.3) is 0 Å². The molecule has 0 spiro atoms. The van der Waals surface area contributed by atoms with Gasteiger partial charge < -0.3 is 24.8 Å². The van der Waals surface area contributed by atoms with Crippen molar-refractivity contribution in [3.05, 3.63) is 24.3 Å². The van der Waals surface area contributed by atoms with Crippen LogP contribution in [-0.4, -0.2) is 0 Å². The first-order chi connectivity index (χ1) is 3.31. The molecule has 0 nitrogen and oxygen atoms in total. The van der Waals surface area contributed by atoms with Gasteiger partial charge in [-0.3, -0.25) is 6.58 Å². The molecular weight excluding hydrogens is 246 g/mol. The molecule has 0 aliphatic carbocycles. The molecule has 0 aliphatic rings. The van der Waals surface area contributed by atoms with E-state index in [4.69, 9.17) is 6.58 Å². The minimum atomic E-state index is 0. The maximum Gasteiger partial charge on any atom is 3.00 e. The van der Waals surface area contributed by atoms with Gasteiger partial charge in [0.05, 0.1) is 0 Å². The number of hydrogen-bond donors (Lipinski definition) is 0. The second kappa shape index (κ2) is 16.5. The molecule has 0 aromatic carbocycles. The third kappa shape index (κ3) is 16.0. The molecular formula is C7H11Cl2Zr. The van der Waals surface area contributed by atoms with E-state index in [1.807, 2.05) is 6.92 Å². The van der Waals surface area contributed by atoms with Crippen LogP contribution >= 0.6 is 0 Å². The van der Waals surface area contributed by atoms with Crippen LogP contribution in [0.25, 0.3) is 0 Å². The second-order valence-electron chi connectivity index (χ2n) is 1.52. The molecule has 0 bridgehead atoms. The zero-order valence-electron chi connectivity index (χ0n) is 6.20. The summed E-state index contributed by atoms with van der Waals surface area (Å²) in [5.41, 5.74) is 1.16. The van der Waals surface area contributed by atoms with Crippen molar-refractivity contribution in [2.45, 2.75) is 20.3 Å². The minimum Gasteiger partial charge on any atom is -1.00 e. The smallest absolute Gasteiger partial charge is 1.00 e. The number of allylic oxidation sites excluding steroid dienone is 3. The molecule has 0 saturated heterocycles. The molecule has 0 saturated carbocycles. The van der Waals surface area contributed by atoms with Crippen LogP contribution in [0.5, 0.6) is 0 Å². The molecule has 1 radical (unpaired) electrons. The standard InChI is InChI=1S/C7H11.2ClH.Zr/c1-4-6-7(3)5-2;;;/h2,5-6H,4H2,1,3H3;2*1H;/q-1;;;+3/p-2. The fourth-order valence-corrected chi connectivity index (χ4v) is 0.390. The van der Waals surface area contributed by atoms with E-state index >= 15 is 0 Å². The minimum absolute atomic E-state index is 0. The molecule has 57 valence electrons. The molecule has 0 aromatic rings. The predicted octanol–water partition coefficient (Wildman–Crippen LogP) is -3.66. The van der Waals surface area contributed by atoms with Gasteiger partial charge in [-0.1, -0.05) is 13.3 Å². The van der Waals surface area contributed by atoms with Crippen molar-refractivity contribution in [3.63, 3.8) is 0 Å². The molecule has 0 amide bonds. The van der Waals surface area contributed by atoms with Crippen molar-refractivity contribution in [2.75, 3.05) is 0 Å². The molecule has 0 fully saturated rings. The first-order valence-electron chi connectivity index (χ1n) is 2.53. The Bertz CT molecular complexity index is 89.6. The van der Waals surface area contributed by atoms with Gasteiger partial charge in [-0.15, -0.1) is 6.92 Å². The van der Waals surface area contributed by atoms with Crippen LogP contribution in [0.2, 0.25) is 0 Å². The summed E-state index contributed by atoms with van der Waals surface area (Å²) in [6.07, 6.45) is 4.77. The van der Waals surface area contributed by atoms with Crippen LogP contribution in [0.1, 0.15) is 20.3 Å². The van der Waals surface area contributed by atoms with Crippen LogP contribution in [0.15, 0.2) is 17.7 Å². The van der Waals surface area contributed by atoms with Gasteiger partial charge in [0.15, 0.2) is 0 Å². The van der Waals surface area contributed by atoms with Crippen molar-refractivity contribution in [1.82, 2.24) is 0 Å². The van der Waals surface area contributed by atoms with Crippen LogP contribution in [-0.2, 0) is 26.2 Å². The van der Waals surface area contributed by atoms with Crippen LogP contribution in [0, 0.1) is 6.58 Å². The third-order valence-corrected chi connectivity index (χ3v) is 0.789. The SMILES string of the molecule is [CH-]=CC(C)=CCC.[Cl-].[Cl-].[Zr+3]. The topological polar surface area (TPSA) is 0 Å². The Morgan fingerprint density at radius 2 is 1.80 bits per heavy atom. The van der Waals surface area contributed by atoms with Crippen molar-refractivity contribution >= 4 is 0 Å². The summed E-state index contributed by atoms with van der Waals surface area (Å²) < 4.78 is 0. The van der Waals surface area contributed by atoms with Gasteiger partial charge in [-0.05, 0) is 0 Å². The quantitative estimate of drug-likeness (QED) is 0.353. The van der Waals surface area contributed by atoms with E-state index in [1.165, 1.54) is 0 Å². The van der Waals surface area contributed by atoms with E-state index in [9.17, 15) is 0 Å². The van der Waals surface area contributed by atoms with Crippen molar-refractivity contribution in [2.24, 2.45) is 0 Å². The van der Waals surface area contributed by atoms with Crippen molar-refractivity contribution in [3.8, 4) is 0 Å². The van der Waals surface area contributed by atoms with E-state index < -0.39 is 0 Å². The molecule has 0 atom stereocenters. The molecule has 0 unspecified atom stereocenters. The van der Waals surface area contributed by atoms with Crippen LogP contribution in [0.4, 0.5) is 0 Å². The zero-order chi connectivity index (χ0) is 5.70. The fraction of sp³-hybridized carbons (Fsp3) is 0.429. The second-order valence-corrected chi connectivity index (χ2v) is 1.52. The van der Waals surface area contributed by atoms with E-state index in [1.54, 1.807) is 6.08 Å². The summed E-state index contributed by atoms with van der Waals surface area (Å²) in [4.78, 5) is 0. The fourth-order valence-electron chi connectivity index (χ4n) is 0.390. The normalized spacial score (nSPS) is 8.00. The van der Waals surface area contributed by atoms with E-state index in [2.05, 4.69) is 13.0 Å². The Hall–Kier alpha value is 0.943. The van der Waals surface area contributed by atoms with Gasteiger partial charge in [-0.25, -0.2) is 11.6 Å². The summed E-state index contributed by atoms with van der Waals surface area (Å²) in [5.74, 6) is 0. The number of rotatable bonds is 2. The average molecular weight is 257 g/mol. The van der Waals surface area contributed by atoms with Gasteiger partial charge in [0.2, 0.25) is 0 Å². The molecule has 0 aromatic heterocycles. The monoisotopic (exact) mass is 255 g/mol. The molecule has 0 aliphatic heterocycles. The van der Waals surface area contributed by atoms with Gasteiger partial charge in [0, 0.05) is 0 Å². The van der Waals surface area contributed by atoms with Crippen LogP contribution < -0.4 is 24.8 Å². The largest absolute Gasteiger partial charge is 3.00 e. The zero-order valence-corrected chi connectivity index (χ0v) is 10.2. The van der Waals surface area contributed by atoms with Crippen molar-refractivity contribution in [1.29, 1.82) is 0 Å². The third-order valence-electron chi connectivity index (χ3n) is 0.789. The van der Waals surface area contributed by atoms with E-state index in [0.29, 0.717) is 0 Å². The van der Waals surface area contributed by atoms with Gasteiger partial charge in [0.1, 0.15) is 0 Å². The average Bonchev–Trinajstić information content (AvgIpc) is 1.68. The van der Waals surface area contributed by atoms with E-state index in [-0.39, 0.29) is 51.0 Å².